The monoisotopic (exact) mass is 417 g/mol. The number of sulfonamides is 1. The zero-order valence-corrected chi connectivity index (χ0v) is 16.7. The van der Waals surface area contributed by atoms with Crippen LogP contribution in [-0.4, -0.2) is 38.5 Å². The average Bonchev–Trinajstić information content (AvgIpc) is 2.73. The number of fused-ring (bicyclic) bond motifs is 1. The van der Waals surface area contributed by atoms with Crippen LogP contribution in [0.15, 0.2) is 52.2 Å². The van der Waals surface area contributed by atoms with Gasteiger partial charge in [-0.1, -0.05) is 12.1 Å². The van der Waals surface area contributed by atoms with E-state index in [1.165, 1.54) is 26.3 Å². The quantitative estimate of drug-likeness (QED) is 0.585. The summed E-state index contributed by atoms with van der Waals surface area (Å²) in [6.07, 6.45) is -0.869. The number of carbonyl (C=O) groups excluding carboxylic acids is 1. The smallest absolute Gasteiger partial charge is 0.338 e. The Kier molecular flexibility index (Phi) is 5.66. The van der Waals surface area contributed by atoms with E-state index in [0.29, 0.717) is 10.9 Å². The molecule has 0 spiro atoms. The number of ether oxygens (including phenoxy) is 2. The van der Waals surface area contributed by atoms with Crippen molar-refractivity contribution in [3.63, 3.8) is 0 Å². The second-order valence-electron chi connectivity index (χ2n) is 6.09. The Labute approximate surface area is 166 Å². The van der Waals surface area contributed by atoms with E-state index in [-0.39, 0.29) is 27.6 Å². The molecule has 2 aromatic carbocycles. The normalized spacial score (nSPS) is 12.5. The van der Waals surface area contributed by atoms with Crippen molar-refractivity contribution in [1.29, 1.82) is 0 Å². The van der Waals surface area contributed by atoms with E-state index in [4.69, 9.17) is 9.47 Å². The van der Waals surface area contributed by atoms with Crippen molar-refractivity contribution in [2.45, 2.75) is 17.9 Å². The molecular formula is C19H19N3O6S. The fourth-order valence-electron chi connectivity index (χ4n) is 2.71. The summed E-state index contributed by atoms with van der Waals surface area (Å²) in [5.41, 5.74) is 0.135. The Bertz CT molecular complexity index is 1240. The Morgan fingerprint density at radius 2 is 1.93 bits per heavy atom. The number of esters is 1. The SMILES string of the molecule is CNS(=O)(=O)c1cc(C(=O)O[C@H](C)c2nc3ccccc3c(=O)[nH]2)ccc1OC. The highest BCUT2D eigenvalue weighted by molar-refractivity contribution is 7.89. The second kappa shape index (κ2) is 8.02. The molecule has 1 atom stereocenters. The van der Waals surface area contributed by atoms with Crippen molar-refractivity contribution in [2.75, 3.05) is 14.2 Å². The number of carbonyl (C=O) groups is 1. The summed E-state index contributed by atoms with van der Waals surface area (Å²) in [5, 5.41) is 0.423. The van der Waals surface area contributed by atoms with Gasteiger partial charge in [0.05, 0.1) is 23.6 Å². The van der Waals surface area contributed by atoms with Gasteiger partial charge < -0.3 is 14.5 Å². The standard InChI is InChI=1S/C19H19N3O6S/c1-11(17-21-14-7-5-4-6-13(14)18(23)22-17)28-19(24)12-8-9-15(27-3)16(10-12)29(25,26)20-2/h4-11,20H,1-3H3,(H,21,22,23)/t11-/m1/s1. The van der Waals surface area contributed by atoms with E-state index < -0.39 is 22.1 Å². The number of para-hydroxylation sites is 1. The van der Waals surface area contributed by atoms with E-state index in [2.05, 4.69) is 14.7 Å². The molecule has 0 radical (unpaired) electrons. The molecule has 0 unspecified atom stereocenters. The third-order valence-corrected chi connectivity index (χ3v) is 5.69. The minimum absolute atomic E-state index is 0.00890. The van der Waals surface area contributed by atoms with Gasteiger partial charge in [-0.3, -0.25) is 4.79 Å². The lowest BCUT2D eigenvalue weighted by atomic mass is 10.2. The third-order valence-electron chi connectivity index (χ3n) is 4.26. The summed E-state index contributed by atoms with van der Waals surface area (Å²) in [5.74, 6) is -0.508. The largest absolute Gasteiger partial charge is 0.495 e. The van der Waals surface area contributed by atoms with Gasteiger partial charge in [-0.15, -0.1) is 0 Å². The lowest BCUT2D eigenvalue weighted by Crippen LogP contribution is -2.20. The molecule has 0 amide bonds. The van der Waals surface area contributed by atoms with Crippen LogP contribution in [0.5, 0.6) is 5.75 Å². The van der Waals surface area contributed by atoms with Crippen molar-refractivity contribution >= 4 is 26.9 Å². The molecule has 29 heavy (non-hydrogen) atoms. The maximum Gasteiger partial charge on any atom is 0.338 e. The molecule has 3 aromatic rings. The number of hydrogen-bond donors (Lipinski definition) is 2. The number of rotatable bonds is 6. The molecule has 1 aromatic heterocycles. The number of nitrogens with zero attached hydrogens (tertiary/aromatic N) is 1. The molecule has 0 bridgehead atoms. The van der Waals surface area contributed by atoms with Crippen LogP contribution in [-0.2, 0) is 14.8 Å². The molecule has 0 fully saturated rings. The zero-order valence-electron chi connectivity index (χ0n) is 15.9. The van der Waals surface area contributed by atoms with Gasteiger partial charge in [-0.25, -0.2) is 22.9 Å². The number of nitrogens with one attached hydrogen (secondary N) is 2. The van der Waals surface area contributed by atoms with Gasteiger partial charge in [-0.05, 0) is 44.3 Å². The highest BCUT2D eigenvalue weighted by Gasteiger charge is 2.22. The van der Waals surface area contributed by atoms with Crippen LogP contribution in [0, 0.1) is 0 Å². The summed E-state index contributed by atoms with van der Waals surface area (Å²) >= 11 is 0. The zero-order chi connectivity index (χ0) is 21.2. The summed E-state index contributed by atoms with van der Waals surface area (Å²) in [7, 11) is -1.27. The third kappa shape index (κ3) is 4.13. The van der Waals surface area contributed by atoms with Crippen molar-refractivity contribution in [2.24, 2.45) is 0 Å². The molecule has 0 saturated carbocycles. The van der Waals surface area contributed by atoms with Gasteiger partial charge in [-0.2, -0.15) is 0 Å². The molecule has 0 saturated heterocycles. The molecule has 9 nitrogen and oxygen atoms in total. The number of hydrogen-bond acceptors (Lipinski definition) is 7. The summed E-state index contributed by atoms with van der Waals surface area (Å²) < 4.78 is 36.9. The molecule has 2 N–H and O–H groups in total. The molecule has 152 valence electrons. The highest BCUT2D eigenvalue weighted by Crippen LogP contribution is 2.26. The van der Waals surface area contributed by atoms with E-state index in [0.717, 1.165) is 6.07 Å². The molecule has 10 heteroatoms. The van der Waals surface area contributed by atoms with Crippen LogP contribution in [0.3, 0.4) is 0 Å². The molecular weight excluding hydrogens is 398 g/mol. The van der Waals surface area contributed by atoms with Crippen LogP contribution in [0.25, 0.3) is 10.9 Å². The van der Waals surface area contributed by atoms with Gasteiger partial charge in [0.15, 0.2) is 11.9 Å². The van der Waals surface area contributed by atoms with E-state index >= 15 is 0 Å². The number of benzene rings is 2. The van der Waals surface area contributed by atoms with Gasteiger partial charge in [0.1, 0.15) is 10.6 Å². The summed E-state index contributed by atoms with van der Waals surface area (Å²) in [6, 6.07) is 10.7. The molecule has 3 rings (SSSR count). The molecule has 0 aliphatic carbocycles. The Morgan fingerprint density at radius 3 is 2.62 bits per heavy atom. The minimum Gasteiger partial charge on any atom is -0.495 e. The van der Waals surface area contributed by atoms with Crippen LogP contribution in [0.1, 0.15) is 29.2 Å². The van der Waals surface area contributed by atoms with Crippen LogP contribution < -0.4 is 15.0 Å². The van der Waals surface area contributed by atoms with Crippen molar-refractivity contribution in [3.8, 4) is 5.75 Å². The van der Waals surface area contributed by atoms with Gasteiger partial charge in [0.2, 0.25) is 10.0 Å². The topological polar surface area (TPSA) is 127 Å². The van der Waals surface area contributed by atoms with Crippen molar-refractivity contribution < 1.29 is 22.7 Å². The highest BCUT2D eigenvalue weighted by atomic mass is 32.2. The predicted octanol–water partition coefficient (Wildman–Crippen LogP) is 1.76. The Balaban J connectivity index is 1.90. The minimum atomic E-state index is -3.85. The van der Waals surface area contributed by atoms with Gasteiger partial charge in [0, 0.05) is 0 Å². The number of methoxy groups -OCH3 is 1. The van der Waals surface area contributed by atoms with Gasteiger partial charge in [0.25, 0.3) is 5.56 Å². The molecule has 0 aliphatic heterocycles. The summed E-state index contributed by atoms with van der Waals surface area (Å²) in [4.78, 5) is 31.5. The van der Waals surface area contributed by atoms with E-state index in [1.54, 1.807) is 31.2 Å². The van der Waals surface area contributed by atoms with E-state index in [1.807, 2.05) is 0 Å². The maximum atomic E-state index is 12.5. The predicted molar refractivity (Wildman–Crippen MR) is 105 cm³/mol. The van der Waals surface area contributed by atoms with Crippen LogP contribution in [0.2, 0.25) is 0 Å². The Morgan fingerprint density at radius 1 is 1.21 bits per heavy atom. The van der Waals surface area contributed by atoms with Gasteiger partial charge >= 0.3 is 5.97 Å². The first kappa shape index (κ1) is 20.5. The number of aromatic nitrogens is 2. The lowest BCUT2D eigenvalue weighted by Gasteiger charge is -2.14. The van der Waals surface area contributed by atoms with Crippen molar-refractivity contribution in [3.05, 3.63) is 64.2 Å². The average molecular weight is 417 g/mol. The Hall–Kier alpha value is -3.24. The van der Waals surface area contributed by atoms with Crippen LogP contribution in [0.4, 0.5) is 0 Å². The first-order valence-electron chi connectivity index (χ1n) is 8.58. The first-order valence-corrected chi connectivity index (χ1v) is 10.1. The second-order valence-corrected chi connectivity index (χ2v) is 7.94. The van der Waals surface area contributed by atoms with Crippen molar-refractivity contribution in [1.82, 2.24) is 14.7 Å². The first-order chi connectivity index (χ1) is 13.8. The maximum absolute atomic E-state index is 12.5. The fourth-order valence-corrected chi connectivity index (χ4v) is 3.62. The van der Waals surface area contributed by atoms with E-state index in [9.17, 15) is 18.0 Å². The summed E-state index contributed by atoms with van der Waals surface area (Å²) in [6.45, 7) is 1.56. The number of aromatic amines is 1. The molecule has 0 aliphatic rings. The number of H-pyrrole nitrogens is 1. The molecule has 1 heterocycles. The lowest BCUT2D eigenvalue weighted by molar-refractivity contribution is 0.0319. The van der Waals surface area contributed by atoms with Crippen LogP contribution >= 0.6 is 0 Å². The fraction of sp³-hybridized carbons (Fsp3) is 0.211.